The monoisotopic (exact) mass is 543 g/mol. The summed E-state index contributed by atoms with van der Waals surface area (Å²) in [6.07, 6.45) is 2.83. The summed E-state index contributed by atoms with van der Waals surface area (Å²) in [7, 11) is 1.61. The number of carbonyl (C=O) groups is 3. The van der Waals surface area contributed by atoms with Crippen LogP contribution < -0.4 is 20.3 Å². The molecular formula is C31H37N5O4. The normalized spacial score (nSPS) is 16.1. The summed E-state index contributed by atoms with van der Waals surface area (Å²) in [5.41, 5.74) is 10.9. The van der Waals surface area contributed by atoms with E-state index in [-0.39, 0.29) is 23.4 Å². The molecule has 2 N–H and O–H groups in total. The van der Waals surface area contributed by atoms with Gasteiger partial charge >= 0.3 is 0 Å². The number of aryl methyl sites for hydroxylation is 1. The van der Waals surface area contributed by atoms with Crippen LogP contribution in [0.25, 0.3) is 5.69 Å². The second-order valence-electron chi connectivity index (χ2n) is 11.3. The predicted molar refractivity (Wildman–Crippen MR) is 155 cm³/mol. The molecule has 3 heterocycles. The quantitative estimate of drug-likeness (QED) is 0.440. The number of carbonyl (C=O) groups excluding carboxylic acids is 3. The van der Waals surface area contributed by atoms with E-state index >= 15 is 0 Å². The molecule has 40 heavy (non-hydrogen) atoms. The first-order valence-corrected chi connectivity index (χ1v) is 13.9. The minimum Gasteiger partial charge on any atom is -0.497 e. The van der Waals surface area contributed by atoms with E-state index < -0.39 is 5.91 Å². The van der Waals surface area contributed by atoms with E-state index in [0.29, 0.717) is 54.5 Å². The molecule has 9 nitrogen and oxygen atoms in total. The predicted octanol–water partition coefficient (Wildman–Crippen LogP) is 4.77. The number of methoxy groups -OCH3 is 1. The van der Waals surface area contributed by atoms with Gasteiger partial charge in [0, 0.05) is 42.5 Å². The maximum absolute atomic E-state index is 14.1. The van der Waals surface area contributed by atoms with E-state index in [4.69, 9.17) is 10.5 Å². The number of hydrogen-bond acceptors (Lipinski definition) is 5. The molecule has 0 spiro atoms. The number of ether oxygens (including phenoxy) is 1. The molecule has 3 amide bonds. The van der Waals surface area contributed by atoms with Crippen LogP contribution in [0.2, 0.25) is 0 Å². The number of primary amides is 1. The Morgan fingerprint density at radius 3 is 2.42 bits per heavy atom. The molecule has 5 rings (SSSR count). The third kappa shape index (κ3) is 4.96. The molecule has 2 aromatic carbocycles. The van der Waals surface area contributed by atoms with Crippen molar-refractivity contribution in [1.29, 1.82) is 0 Å². The number of nitrogens with two attached hydrogens (primary N) is 1. The summed E-state index contributed by atoms with van der Waals surface area (Å²) >= 11 is 0. The van der Waals surface area contributed by atoms with Crippen LogP contribution in [0.5, 0.6) is 5.75 Å². The van der Waals surface area contributed by atoms with Gasteiger partial charge in [-0.2, -0.15) is 5.10 Å². The van der Waals surface area contributed by atoms with E-state index in [9.17, 15) is 14.4 Å². The van der Waals surface area contributed by atoms with Crippen molar-refractivity contribution >= 4 is 29.1 Å². The standard InChI is InChI=1S/C31H37N5O4/c1-18(2)13-19(3)21-15-23(17-24(16-21)40-5)36-29-25(28(33-36)30(32)38)10-12-35(31(29)39)26-9-8-22(14-20(26)4)34-11-6-7-27(34)37/h8-9,14-19H,6-7,10-13H2,1-5H3,(H2,32,38). The lowest BCUT2D eigenvalue weighted by Crippen LogP contribution is -2.39. The van der Waals surface area contributed by atoms with Crippen molar-refractivity contribution in [2.75, 3.05) is 30.0 Å². The molecule has 1 aromatic heterocycles. The fourth-order valence-electron chi connectivity index (χ4n) is 5.98. The topological polar surface area (TPSA) is 111 Å². The van der Waals surface area contributed by atoms with Gasteiger partial charge in [0.05, 0.1) is 12.8 Å². The highest BCUT2D eigenvalue weighted by molar-refractivity contribution is 6.10. The second kappa shape index (κ2) is 10.8. The molecule has 1 fully saturated rings. The van der Waals surface area contributed by atoms with E-state index in [0.717, 1.165) is 35.3 Å². The number of fused-ring (bicyclic) bond motifs is 1. The highest BCUT2D eigenvalue weighted by Crippen LogP contribution is 2.35. The molecule has 0 saturated carbocycles. The van der Waals surface area contributed by atoms with Crippen LogP contribution in [0.3, 0.4) is 0 Å². The average Bonchev–Trinajstić information content (AvgIpc) is 3.53. The van der Waals surface area contributed by atoms with Crippen molar-refractivity contribution in [1.82, 2.24) is 9.78 Å². The SMILES string of the molecule is COc1cc(C(C)CC(C)C)cc(-n2nc(C(N)=O)c3c2C(=O)N(c2ccc(N4CCCC4=O)cc2C)CC3)c1. The molecule has 1 saturated heterocycles. The molecule has 2 aliphatic rings. The largest absolute Gasteiger partial charge is 0.497 e. The first-order chi connectivity index (χ1) is 19.1. The summed E-state index contributed by atoms with van der Waals surface area (Å²) in [5.74, 6) is 0.617. The van der Waals surface area contributed by atoms with Gasteiger partial charge in [-0.25, -0.2) is 4.68 Å². The van der Waals surface area contributed by atoms with Gasteiger partial charge in [0.15, 0.2) is 5.69 Å². The Hall–Kier alpha value is -4.14. The molecule has 3 aromatic rings. The Balaban J connectivity index is 1.57. The molecule has 0 radical (unpaired) electrons. The lowest BCUT2D eigenvalue weighted by atomic mass is 9.91. The molecule has 1 unspecified atom stereocenters. The smallest absolute Gasteiger partial charge is 0.277 e. The zero-order valence-corrected chi connectivity index (χ0v) is 23.9. The first kappa shape index (κ1) is 27.4. The lowest BCUT2D eigenvalue weighted by Gasteiger charge is -2.30. The van der Waals surface area contributed by atoms with Crippen LogP contribution >= 0.6 is 0 Å². The number of rotatable bonds is 8. The molecule has 1 atom stereocenters. The Bertz CT molecular complexity index is 1490. The summed E-state index contributed by atoms with van der Waals surface area (Å²) in [6, 6.07) is 11.6. The number of nitrogens with zero attached hydrogens (tertiary/aromatic N) is 4. The molecular weight excluding hydrogens is 506 g/mol. The summed E-state index contributed by atoms with van der Waals surface area (Å²) in [5, 5.41) is 4.57. The van der Waals surface area contributed by atoms with Gasteiger partial charge in [-0.1, -0.05) is 20.8 Å². The minimum atomic E-state index is -0.664. The molecule has 2 aliphatic heterocycles. The van der Waals surface area contributed by atoms with Crippen LogP contribution in [-0.2, 0) is 11.2 Å². The van der Waals surface area contributed by atoms with Crippen LogP contribution in [0.4, 0.5) is 11.4 Å². The summed E-state index contributed by atoms with van der Waals surface area (Å²) in [4.78, 5) is 42.3. The molecule has 0 aliphatic carbocycles. The van der Waals surface area contributed by atoms with Gasteiger partial charge in [0.25, 0.3) is 11.8 Å². The number of amides is 3. The first-order valence-electron chi connectivity index (χ1n) is 13.9. The van der Waals surface area contributed by atoms with Crippen LogP contribution in [0, 0.1) is 12.8 Å². The van der Waals surface area contributed by atoms with Crippen LogP contribution in [-0.4, -0.2) is 47.7 Å². The maximum atomic E-state index is 14.1. The van der Waals surface area contributed by atoms with Gasteiger partial charge in [0.2, 0.25) is 5.91 Å². The van der Waals surface area contributed by atoms with E-state index in [2.05, 4.69) is 25.9 Å². The van der Waals surface area contributed by atoms with Crippen LogP contribution in [0.1, 0.15) is 83.6 Å². The number of hydrogen-bond donors (Lipinski definition) is 1. The second-order valence-corrected chi connectivity index (χ2v) is 11.3. The highest BCUT2D eigenvalue weighted by Gasteiger charge is 2.35. The van der Waals surface area contributed by atoms with Crippen molar-refractivity contribution in [3.05, 3.63) is 64.5 Å². The minimum absolute atomic E-state index is 0.113. The third-order valence-corrected chi connectivity index (χ3v) is 7.89. The van der Waals surface area contributed by atoms with Crippen molar-refractivity contribution < 1.29 is 19.1 Å². The number of aromatic nitrogens is 2. The molecule has 9 heteroatoms. The van der Waals surface area contributed by atoms with E-state index in [1.165, 1.54) is 0 Å². The molecule has 210 valence electrons. The number of benzene rings is 2. The zero-order valence-electron chi connectivity index (χ0n) is 23.9. The van der Waals surface area contributed by atoms with Crippen molar-refractivity contribution in [3.63, 3.8) is 0 Å². The van der Waals surface area contributed by atoms with Gasteiger partial charge in [0.1, 0.15) is 11.4 Å². The van der Waals surface area contributed by atoms with Crippen molar-refractivity contribution in [2.45, 2.75) is 59.3 Å². The Morgan fingerprint density at radius 2 is 1.80 bits per heavy atom. The number of anilines is 2. The lowest BCUT2D eigenvalue weighted by molar-refractivity contribution is -0.117. The van der Waals surface area contributed by atoms with Gasteiger partial charge in [-0.3, -0.25) is 14.4 Å². The van der Waals surface area contributed by atoms with Crippen molar-refractivity contribution in [2.24, 2.45) is 11.7 Å². The van der Waals surface area contributed by atoms with Crippen molar-refractivity contribution in [3.8, 4) is 11.4 Å². The fourth-order valence-corrected chi connectivity index (χ4v) is 5.98. The maximum Gasteiger partial charge on any atom is 0.277 e. The van der Waals surface area contributed by atoms with Gasteiger partial charge in [-0.05, 0) is 79.5 Å². The zero-order chi connectivity index (χ0) is 28.7. The van der Waals surface area contributed by atoms with E-state index in [1.54, 1.807) is 21.6 Å². The van der Waals surface area contributed by atoms with Gasteiger partial charge < -0.3 is 20.3 Å². The fraction of sp³-hybridized carbons (Fsp3) is 0.419. The highest BCUT2D eigenvalue weighted by atomic mass is 16.5. The third-order valence-electron chi connectivity index (χ3n) is 7.89. The summed E-state index contributed by atoms with van der Waals surface area (Å²) < 4.78 is 7.15. The van der Waals surface area contributed by atoms with E-state index in [1.807, 2.05) is 43.3 Å². The summed E-state index contributed by atoms with van der Waals surface area (Å²) in [6.45, 7) is 9.57. The Kier molecular flexibility index (Phi) is 7.40. The Morgan fingerprint density at radius 1 is 1.02 bits per heavy atom. The van der Waals surface area contributed by atoms with Gasteiger partial charge in [-0.15, -0.1) is 0 Å². The van der Waals surface area contributed by atoms with Crippen LogP contribution in [0.15, 0.2) is 36.4 Å². The average molecular weight is 544 g/mol. The molecule has 0 bridgehead atoms. The Labute approximate surface area is 234 Å².